The Labute approximate surface area is 140 Å². The molecule has 0 N–H and O–H groups in total. The molecule has 0 radical (unpaired) electrons. The normalized spacial score (nSPS) is 12.8. The lowest BCUT2D eigenvalue weighted by Crippen LogP contribution is -2.05. The topological polar surface area (TPSA) is 27.1 Å². The van der Waals surface area contributed by atoms with E-state index in [0.29, 0.717) is 0 Å². The molecule has 0 saturated carbocycles. The van der Waals surface area contributed by atoms with Crippen molar-refractivity contribution in [1.29, 1.82) is 0 Å². The molecule has 0 fully saturated rings. The predicted molar refractivity (Wildman–Crippen MR) is 91.7 cm³/mol. The number of hydrogen-bond acceptors (Lipinski definition) is 3. The zero-order valence-electron chi connectivity index (χ0n) is 11.6. The highest BCUT2D eigenvalue weighted by Crippen LogP contribution is 2.31. The summed E-state index contributed by atoms with van der Waals surface area (Å²) in [6.45, 7) is 2.69. The van der Waals surface area contributed by atoms with Gasteiger partial charge in [0.1, 0.15) is 11.6 Å². The largest absolute Gasteiger partial charge is 0.497 e. The molecular formula is C15H14BrClN2OS. The van der Waals surface area contributed by atoms with Crippen LogP contribution in [0.2, 0.25) is 0 Å². The van der Waals surface area contributed by atoms with Gasteiger partial charge in [-0.25, -0.2) is 4.98 Å². The van der Waals surface area contributed by atoms with Crippen LogP contribution in [0.4, 0.5) is 0 Å². The lowest BCUT2D eigenvalue weighted by atomic mass is 10.3. The number of thiophene rings is 1. The minimum absolute atomic E-state index is 0.151. The fourth-order valence-electron chi connectivity index (χ4n) is 2.30. The zero-order valence-corrected chi connectivity index (χ0v) is 14.8. The van der Waals surface area contributed by atoms with Gasteiger partial charge in [-0.2, -0.15) is 0 Å². The molecule has 3 aromatic rings. The van der Waals surface area contributed by atoms with E-state index in [4.69, 9.17) is 16.3 Å². The highest BCUT2D eigenvalue weighted by Gasteiger charge is 2.17. The minimum atomic E-state index is -0.151. The maximum atomic E-state index is 6.31. The molecule has 21 heavy (non-hydrogen) atoms. The van der Waals surface area contributed by atoms with Crippen molar-refractivity contribution >= 4 is 49.9 Å². The molecule has 1 atom stereocenters. The summed E-state index contributed by atoms with van der Waals surface area (Å²) in [5.41, 5.74) is 1.98. The zero-order chi connectivity index (χ0) is 15.0. The summed E-state index contributed by atoms with van der Waals surface area (Å²) in [4.78, 5) is 5.91. The SMILES string of the molecule is COc1ccc2nc(C(C)Cl)n(Cc3sccc3Br)c2c1. The van der Waals surface area contributed by atoms with E-state index in [2.05, 4.69) is 36.9 Å². The Morgan fingerprint density at radius 3 is 2.86 bits per heavy atom. The third-order valence-electron chi connectivity index (χ3n) is 3.33. The van der Waals surface area contributed by atoms with Crippen molar-refractivity contribution in [2.45, 2.75) is 18.8 Å². The smallest absolute Gasteiger partial charge is 0.128 e. The van der Waals surface area contributed by atoms with E-state index in [1.165, 1.54) is 4.88 Å². The molecule has 2 aromatic heterocycles. The second kappa shape index (κ2) is 5.99. The van der Waals surface area contributed by atoms with Crippen LogP contribution >= 0.6 is 38.9 Å². The lowest BCUT2D eigenvalue weighted by Gasteiger charge is -2.10. The summed E-state index contributed by atoms with van der Waals surface area (Å²) < 4.78 is 8.60. The maximum Gasteiger partial charge on any atom is 0.128 e. The van der Waals surface area contributed by atoms with Crippen molar-refractivity contribution in [2.24, 2.45) is 0 Å². The van der Waals surface area contributed by atoms with Crippen LogP contribution in [0, 0.1) is 0 Å². The van der Waals surface area contributed by atoms with E-state index in [0.717, 1.165) is 33.6 Å². The molecule has 0 amide bonds. The van der Waals surface area contributed by atoms with E-state index in [1.54, 1.807) is 18.4 Å². The molecule has 0 spiro atoms. The van der Waals surface area contributed by atoms with Crippen LogP contribution in [0.15, 0.2) is 34.1 Å². The second-order valence-electron chi connectivity index (χ2n) is 4.72. The van der Waals surface area contributed by atoms with Gasteiger partial charge in [-0.05, 0) is 46.4 Å². The first-order valence-electron chi connectivity index (χ1n) is 6.50. The van der Waals surface area contributed by atoms with Gasteiger partial charge in [0, 0.05) is 15.4 Å². The van der Waals surface area contributed by atoms with Crippen molar-refractivity contribution in [3.05, 3.63) is 44.8 Å². The molecule has 0 aliphatic heterocycles. The molecule has 2 heterocycles. The van der Waals surface area contributed by atoms with E-state index < -0.39 is 0 Å². The van der Waals surface area contributed by atoms with Crippen LogP contribution < -0.4 is 4.74 Å². The molecule has 3 rings (SSSR count). The number of methoxy groups -OCH3 is 1. The fourth-order valence-corrected chi connectivity index (χ4v) is 3.93. The minimum Gasteiger partial charge on any atom is -0.497 e. The predicted octanol–water partition coefficient (Wildman–Crippen LogP) is 5.22. The molecule has 1 unspecified atom stereocenters. The second-order valence-corrected chi connectivity index (χ2v) is 7.23. The number of rotatable bonds is 4. The number of aromatic nitrogens is 2. The van der Waals surface area contributed by atoms with Gasteiger partial charge >= 0.3 is 0 Å². The van der Waals surface area contributed by atoms with E-state index in [9.17, 15) is 0 Å². The van der Waals surface area contributed by atoms with Gasteiger partial charge in [0.25, 0.3) is 0 Å². The Hall–Kier alpha value is -1.04. The van der Waals surface area contributed by atoms with Crippen LogP contribution in [0.3, 0.4) is 0 Å². The summed E-state index contributed by atoms with van der Waals surface area (Å²) in [5, 5.41) is 1.92. The number of alkyl halides is 1. The van der Waals surface area contributed by atoms with Crippen LogP contribution in [0.5, 0.6) is 5.75 Å². The molecule has 1 aromatic carbocycles. The van der Waals surface area contributed by atoms with Crippen molar-refractivity contribution in [1.82, 2.24) is 9.55 Å². The average molecular weight is 386 g/mol. The van der Waals surface area contributed by atoms with Crippen LogP contribution in [0.25, 0.3) is 11.0 Å². The fraction of sp³-hybridized carbons (Fsp3) is 0.267. The van der Waals surface area contributed by atoms with Crippen molar-refractivity contribution < 1.29 is 4.74 Å². The first-order valence-corrected chi connectivity index (χ1v) is 8.61. The molecule has 0 bridgehead atoms. The van der Waals surface area contributed by atoms with Gasteiger partial charge < -0.3 is 9.30 Å². The summed E-state index contributed by atoms with van der Waals surface area (Å²) in [5.74, 6) is 1.70. The number of nitrogens with zero attached hydrogens (tertiary/aromatic N) is 2. The third-order valence-corrected chi connectivity index (χ3v) is 5.44. The van der Waals surface area contributed by atoms with Gasteiger partial charge in [0.15, 0.2) is 0 Å². The van der Waals surface area contributed by atoms with Crippen molar-refractivity contribution in [3.63, 3.8) is 0 Å². The summed E-state index contributed by atoms with van der Waals surface area (Å²) >= 11 is 11.6. The Morgan fingerprint density at radius 2 is 2.24 bits per heavy atom. The number of halogens is 2. The van der Waals surface area contributed by atoms with Gasteiger partial charge in [0.2, 0.25) is 0 Å². The highest BCUT2D eigenvalue weighted by molar-refractivity contribution is 9.10. The number of benzene rings is 1. The molecule has 0 aliphatic carbocycles. The number of fused-ring (bicyclic) bond motifs is 1. The number of hydrogen-bond donors (Lipinski definition) is 0. The standard InChI is InChI=1S/C15H14BrClN2OS/c1-9(17)15-18-12-4-3-10(20-2)7-13(12)19(15)8-14-11(16)5-6-21-14/h3-7,9H,8H2,1-2H3. The molecule has 110 valence electrons. The Kier molecular flexibility index (Phi) is 4.24. The molecule has 0 saturated heterocycles. The monoisotopic (exact) mass is 384 g/mol. The summed E-state index contributed by atoms with van der Waals surface area (Å²) in [6, 6.07) is 7.95. The Morgan fingerprint density at radius 1 is 1.43 bits per heavy atom. The highest BCUT2D eigenvalue weighted by atomic mass is 79.9. The summed E-state index contributed by atoms with van der Waals surface area (Å²) in [7, 11) is 1.67. The van der Waals surface area contributed by atoms with Crippen LogP contribution in [0.1, 0.15) is 23.0 Å². The Balaban J connectivity index is 2.17. The van der Waals surface area contributed by atoms with Crippen molar-refractivity contribution in [3.8, 4) is 5.75 Å². The Bertz CT molecular complexity index is 781. The van der Waals surface area contributed by atoms with Crippen LogP contribution in [-0.4, -0.2) is 16.7 Å². The number of imidazole rings is 1. The van der Waals surface area contributed by atoms with Gasteiger partial charge in [-0.1, -0.05) is 0 Å². The van der Waals surface area contributed by atoms with Crippen molar-refractivity contribution in [2.75, 3.05) is 7.11 Å². The lowest BCUT2D eigenvalue weighted by molar-refractivity contribution is 0.415. The molecule has 3 nitrogen and oxygen atoms in total. The molecule has 6 heteroatoms. The summed E-state index contributed by atoms with van der Waals surface area (Å²) in [6.07, 6.45) is 0. The maximum absolute atomic E-state index is 6.31. The van der Waals surface area contributed by atoms with Crippen LogP contribution in [-0.2, 0) is 6.54 Å². The van der Waals surface area contributed by atoms with E-state index >= 15 is 0 Å². The quantitative estimate of drug-likeness (QED) is 0.576. The molecule has 0 aliphatic rings. The van der Waals surface area contributed by atoms with Gasteiger partial charge in [0.05, 0.1) is 30.1 Å². The third kappa shape index (κ3) is 2.82. The van der Waals surface area contributed by atoms with E-state index in [-0.39, 0.29) is 5.38 Å². The first-order chi connectivity index (χ1) is 10.1. The van der Waals surface area contributed by atoms with Gasteiger partial charge in [-0.15, -0.1) is 22.9 Å². The first kappa shape index (κ1) is 14.9. The number of ether oxygens (including phenoxy) is 1. The average Bonchev–Trinajstić information content (AvgIpc) is 3.03. The van der Waals surface area contributed by atoms with Gasteiger partial charge in [-0.3, -0.25) is 0 Å². The van der Waals surface area contributed by atoms with E-state index in [1.807, 2.05) is 25.1 Å². The molecular weight excluding hydrogens is 372 g/mol.